The number of likely N-dealkylation sites (N-methyl/N-ethyl adjacent to an activating group) is 1. The molecule has 12 heteroatoms. The maximum absolute atomic E-state index is 13.4. The van der Waals surface area contributed by atoms with Crippen molar-refractivity contribution in [2.24, 2.45) is 0 Å². The molecule has 1 saturated heterocycles. The summed E-state index contributed by atoms with van der Waals surface area (Å²) in [5, 5.41) is 0.489. The molecule has 0 N–H and O–H groups in total. The van der Waals surface area contributed by atoms with Crippen LogP contribution in [0, 0.1) is 6.92 Å². The number of ether oxygens (including phenoxy) is 1. The number of hydrogen-bond donors (Lipinski definition) is 0. The van der Waals surface area contributed by atoms with Crippen molar-refractivity contribution in [3.8, 4) is 0 Å². The predicted molar refractivity (Wildman–Crippen MR) is 134 cm³/mol. The predicted octanol–water partition coefficient (Wildman–Crippen LogP) is 7.55. The van der Waals surface area contributed by atoms with Crippen molar-refractivity contribution >= 4 is 23.6 Å². The normalized spacial score (nSPS) is 18.6. The van der Waals surface area contributed by atoms with Crippen LogP contribution in [0.25, 0.3) is 0 Å². The second-order valence-electron chi connectivity index (χ2n) is 10.6. The summed E-state index contributed by atoms with van der Waals surface area (Å²) in [5.41, 5.74) is -3.20. The standard InChI is InChI=1S/C27H29ClF6N2O3/c1-15-10-16(6-7-21(15)28)20-14-36(24(38)39-25(2,3)4)9-8-22(20)35(5)23(37)17-11-18(26(29,30)31)13-19(12-17)27(32,33)34/h6-7,10-13,20,22H,8-9,14H2,1-5H3/t20-,22+/m0/s1. The van der Waals surface area contributed by atoms with Crippen LogP contribution in [0.3, 0.4) is 0 Å². The highest BCUT2D eigenvalue weighted by Crippen LogP contribution is 2.38. The Morgan fingerprint density at radius 3 is 2.03 bits per heavy atom. The Morgan fingerprint density at radius 2 is 1.54 bits per heavy atom. The summed E-state index contributed by atoms with van der Waals surface area (Å²) in [4.78, 5) is 28.8. The second-order valence-corrected chi connectivity index (χ2v) is 11.0. The minimum atomic E-state index is -5.09. The number of piperidine rings is 1. The summed E-state index contributed by atoms with van der Waals surface area (Å²) >= 11 is 6.17. The molecule has 1 heterocycles. The summed E-state index contributed by atoms with van der Waals surface area (Å²) in [5.74, 6) is -1.53. The minimum absolute atomic E-state index is 0.0185. The molecule has 0 unspecified atom stereocenters. The fourth-order valence-corrected chi connectivity index (χ4v) is 4.67. The van der Waals surface area contributed by atoms with Gasteiger partial charge in [0.05, 0.1) is 11.1 Å². The molecular formula is C27H29ClF6N2O3. The van der Waals surface area contributed by atoms with E-state index in [2.05, 4.69) is 0 Å². The number of carbonyl (C=O) groups excluding carboxylic acids is 2. The molecule has 2 atom stereocenters. The first kappa shape index (κ1) is 30.6. The molecule has 0 saturated carbocycles. The van der Waals surface area contributed by atoms with Gasteiger partial charge in [-0.05, 0) is 69.5 Å². The molecule has 214 valence electrons. The van der Waals surface area contributed by atoms with Crippen LogP contribution in [-0.4, -0.2) is 53.6 Å². The number of halogens is 7. The molecule has 0 radical (unpaired) electrons. The van der Waals surface area contributed by atoms with Crippen LogP contribution >= 0.6 is 11.6 Å². The number of benzene rings is 2. The van der Waals surface area contributed by atoms with Gasteiger partial charge in [-0.25, -0.2) is 4.79 Å². The highest BCUT2D eigenvalue weighted by Gasteiger charge is 2.41. The van der Waals surface area contributed by atoms with Gasteiger partial charge in [-0.3, -0.25) is 4.79 Å². The minimum Gasteiger partial charge on any atom is -0.444 e. The van der Waals surface area contributed by atoms with Crippen LogP contribution in [0.15, 0.2) is 36.4 Å². The van der Waals surface area contributed by atoms with Crippen molar-refractivity contribution in [2.45, 2.75) is 64.0 Å². The quantitative estimate of drug-likeness (QED) is 0.353. The maximum atomic E-state index is 13.4. The molecular weight excluding hydrogens is 550 g/mol. The van der Waals surface area contributed by atoms with Gasteiger partial charge in [0.2, 0.25) is 0 Å². The molecule has 1 fully saturated rings. The molecule has 39 heavy (non-hydrogen) atoms. The molecule has 2 aromatic carbocycles. The number of rotatable bonds is 3. The second kappa shape index (κ2) is 10.9. The van der Waals surface area contributed by atoms with E-state index < -0.39 is 58.6 Å². The van der Waals surface area contributed by atoms with Crippen molar-refractivity contribution in [1.29, 1.82) is 0 Å². The largest absolute Gasteiger partial charge is 0.444 e. The Kier molecular flexibility index (Phi) is 8.55. The van der Waals surface area contributed by atoms with Gasteiger partial charge in [0, 0.05) is 42.7 Å². The van der Waals surface area contributed by atoms with Crippen molar-refractivity contribution < 1.29 is 40.7 Å². The summed E-state index contributed by atoms with van der Waals surface area (Å²) in [6.07, 6.45) is -10.5. The number of likely N-dealkylation sites (tertiary alicyclic amines) is 1. The van der Waals surface area contributed by atoms with Gasteiger partial charge in [-0.2, -0.15) is 26.3 Å². The number of nitrogens with zero attached hydrogens (tertiary/aromatic N) is 2. The number of aryl methyl sites for hydroxylation is 1. The maximum Gasteiger partial charge on any atom is 0.416 e. The van der Waals surface area contributed by atoms with Gasteiger partial charge in [0.25, 0.3) is 5.91 Å². The summed E-state index contributed by atoms with van der Waals surface area (Å²) in [6, 6.07) is 5.32. The highest BCUT2D eigenvalue weighted by atomic mass is 35.5. The molecule has 5 nitrogen and oxygen atoms in total. The van der Waals surface area contributed by atoms with Gasteiger partial charge in [0.15, 0.2) is 0 Å². The van der Waals surface area contributed by atoms with Crippen LogP contribution in [-0.2, 0) is 17.1 Å². The molecule has 3 rings (SSSR count). The van der Waals surface area contributed by atoms with E-state index in [1.807, 2.05) is 0 Å². The zero-order valence-electron chi connectivity index (χ0n) is 22.0. The Labute approximate surface area is 227 Å². The van der Waals surface area contributed by atoms with E-state index in [4.69, 9.17) is 16.3 Å². The van der Waals surface area contributed by atoms with Crippen molar-refractivity contribution in [1.82, 2.24) is 9.80 Å². The van der Waals surface area contributed by atoms with Crippen LogP contribution in [0.5, 0.6) is 0 Å². The van der Waals surface area contributed by atoms with E-state index >= 15 is 0 Å². The molecule has 0 bridgehead atoms. The lowest BCUT2D eigenvalue weighted by molar-refractivity contribution is -0.143. The zero-order valence-corrected chi connectivity index (χ0v) is 22.8. The molecule has 0 aromatic heterocycles. The number of alkyl halides is 6. The topological polar surface area (TPSA) is 49.9 Å². The lowest BCUT2D eigenvalue weighted by atomic mass is 9.84. The number of hydrogen-bond acceptors (Lipinski definition) is 3. The van der Waals surface area contributed by atoms with Crippen LogP contribution in [0.4, 0.5) is 31.1 Å². The van der Waals surface area contributed by atoms with E-state index in [1.54, 1.807) is 45.9 Å². The monoisotopic (exact) mass is 578 g/mol. The van der Waals surface area contributed by atoms with Crippen LogP contribution in [0.1, 0.15) is 65.7 Å². The lowest BCUT2D eigenvalue weighted by Crippen LogP contribution is -2.52. The van der Waals surface area contributed by atoms with E-state index in [0.717, 1.165) is 10.5 Å². The third-order valence-electron chi connectivity index (χ3n) is 6.49. The van der Waals surface area contributed by atoms with Gasteiger partial charge in [-0.15, -0.1) is 0 Å². The Balaban J connectivity index is 2.00. The summed E-state index contributed by atoms with van der Waals surface area (Å²) in [7, 11) is 1.33. The summed E-state index contributed by atoms with van der Waals surface area (Å²) < 4.78 is 85.8. The Morgan fingerprint density at radius 1 is 0.974 bits per heavy atom. The lowest BCUT2D eigenvalue weighted by Gasteiger charge is -2.43. The molecule has 1 aliphatic heterocycles. The van der Waals surface area contributed by atoms with Crippen molar-refractivity contribution in [3.63, 3.8) is 0 Å². The Hall–Kier alpha value is -2.95. The van der Waals surface area contributed by atoms with Gasteiger partial charge in [0.1, 0.15) is 5.60 Å². The van der Waals surface area contributed by atoms with E-state index in [1.165, 1.54) is 11.9 Å². The van der Waals surface area contributed by atoms with Crippen molar-refractivity contribution in [3.05, 3.63) is 69.2 Å². The smallest absolute Gasteiger partial charge is 0.416 e. The van der Waals surface area contributed by atoms with Crippen molar-refractivity contribution in [2.75, 3.05) is 20.1 Å². The van der Waals surface area contributed by atoms with Crippen LogP contribution < -0.4 is 0 Å². The van der Waals surface area contributed by atoms with Crippen LogP contribution in [0.2, 0.25) is 5.02 Å². The number of amides is 2. The van der Waals surface area contributed by atoms with Gasteiger partial charge >= 0.3 is 18.4 Å². The SMILES string of the molecule is Cc1cc([C@@H]2CN(C(=O)OC(C)(C)C)CC[C@H]2N(C)C(=O)c2cc(C(F)(F)F)cc(C(F)(F)F)c2)ccc1Cl. The number of carbonyl (C=O) groups is 2. The third-order valence-corrected chi connectivity index (χ3v) is 6.91. The Bertz CT molecular complexity index is 1210. The third kappa shape index (κ3) is 7.38. The van der Waals surface area contributed by atoms with E-state index in [0.29, 0.717) is 22.7 Å². The molecule has 2 aromatic rings. The zero-order chi connectivity index (χ0) is 29.5. The van der Waals surface area contributed by atoms with Gasteiger partial charge in [-0.1, -0.05) is 23.7 Å². The molecule has 0 spiro atoms. The first-order valence-electron chi connectivity index (χ1n) is 12.1. The van der Waals surface area contributed by atoms with E-state index in [9.17, 15) is 35.9 Å². The fourth-order valence-electron chi connectivity index (χ4n) is 4.55. The molecule has 1 aliphatic rings. The molecule has 2 amide bonds. The molecule has 0 aliphatic carbocycles. The van der Waals surface area contributed by atoms with E-state index in [-0.39, 0.29) is 25.6 Å². The first-order valence-corrected chi connectivity index (χ1v) is 12.5. The average molecular weight is 579 g/mol. The fraction of sp³-hybridized carbons (Fsp3) is 0.481. The van der Waals surface area contributed by atoms with Gasteiger partial charge < -0.3 is 14.5 Å². The summed E-state index contributed by atoms with van der Waals surface area (Å²) in [6.45, 7) is 7.19. The highest BCUT2D eigenvalue weighted by molar-refractivity contribution is 6.31. The average Bonchev–Trinajstić information content (AvgIpc) is 2.82. The first-order chi connectivity index (χ1) is 17.8.